The summed E-state index contributed by atoms with van der Waals surface area (Å²) in [7, 11) is 3.05. The van der Waals surface area contributed by atoms with Gasteiger partial charge in [0, 0.05) is 80.0 Å². The Bertz CT molecular complexity index is 2620. The highest BCUT2D eigenvalue weighted by molar-refractivity contribution is 6.37. The number of imide groups is 1. The number of halogens is 2. The summed E-state index contributed by atoms with van der Waals surface area (Å²) in [5, 5.41) is 15.5. The number of rotatable bonds is 13. The van der Waals surface area contributed by atoms with Gasteiger partial charge in [-0.15, -0.1) is 0 Å². The number of nitrogens with one attached hydrogen (secondary N) is 2. The van der Waals surface area contributed by atoms with Crippen molar-refractivity contribution in [1.82, 2.24) is 24.7 Å². The molecule has 1 atom stereocenters. The molecule has 1 saturated heterocycles. The first-order valence-corrected chi connectivity index (χ1v) is 19.8. The molecule has 1 fully saturated rings. The third-order valence-electron chi connectivity index (χ3n) is 10.8. The normalized spacial score (nSPS) is 14.7. The molecule has 2 aliphatic heterocycles. The highest BCUT2D eigenvalue weighted by atomic mass is 35.5. The Hall–Kier alpha value is -6.33. The number of anilines is 2. The van der Waals surface area contributed by atoms with Crippen LogP contribution < -0.4 is 19.5 Å². The van der Waals surface area contributed by atoms with Gasteiger partial charge in [0.2, 0.25) is 5.91 Å². The van der Waals surface area contributed by atoms with Gasteiger partial charge in [-0.1, -0.05) is 53.5 Å². The van der Waals surface area contributed by atoms with Gasteiger partial charge in [0.05, 0.1) is 64.5 Å². The summed E-state index contributed by atoms with van der Waals surface area (Å²) in [6.07, 6.45) is 4.22. The van der Waals surface area contributed by atoms with E-state index >= 15 is 0 Å². The monoisotopic (exact) mass is 831 g/mol. The Morgan fingerprint density at radius 1 is 0.898 bits per heavy atom. The van der Waals surface area contributed by atoms with Crippen LogP contribution in [0.1, 0.15) is 38.3 Å². The second-order valence-electron chi connectivity index (χ2n) is 14.2. The van der Waals surface area contributed by atoms with Crippen molar-refractivity contribution < 1.29 is 28.6 Å². The Morgan fingerprint density at radius 3 is 2.32 bits per heavy atom. The summed E-state index contributed by atoms with van der Waals surface area (Å²) in [6, 6.07) is 22.5. The second kappa shape index (κ2) is 16.9. The van der Waals surface area contributed by atoms with Crippen LogP contribution in [-0.4, -0.2) is 102 Å². The number of methoxy groups -OCH3 is 2. The van der Waals surface area contributed by atoms with Gasteiger partial charge in [0.1, 0.15) is 17.9 Å². The quantitative estimate of drug-likeness (QED) is 0.0885. The largest absolute Gasteiger partial charge is 0.495 e. The van der Waals surface area contributed by atoms with Crippen LogP contribution in [0.15, 0.2) is 85.2 Å². The first-order chi connectivity index (χ1) is 28.7. The van der Waals surface area contributed by atoms with Crippen LogP contribution in [0.2, 0.25) is 10.0 Å². The highest BCUT2D eigenvalue weighted by Crippen LogP contribution is 2.40. The Labute approximate surface area is 350 Å². The van der Waals surface area contributed by atoms with Crippen LogP contribution >= 0.6 is 23.2 Å². The van der Waals surface area contributed by atoms with Crippen LogP contribution in [-0.2, 0) is 11.2 Å². The molecule has 15 heteroatoms. The minimum Gasteiger partial charge on any atom is -0.495 e. The van der Waals surface area contributed by atoms with Crippen molar-refractivity contribution in [2.45, 2.75) is 18.9 Å². The van der Waals surface area contributed by atoms with E-state index in [-0.39, 0.29) is 12.3 Å². The molecule has 4 aromatic carbocycles. The molecule has 13 nitrogen and oxygen atoms in total. The summed E-state index contributed by atoms with van der Waals surface area (Å²) in [5.41, 5.74) is 4.26. The van der Waals surface area contributed by atoms with E-state index < -0.39 is 17.9 Å². The zero-order chi connectivity index (χ0) is 41.2. The number of H-pyrrole nitrogens is 1. The molecule has 8 rings (SSSR count). The van der Waals surface area contributed by atoms with Crippen LogP contribution in [0.25, 0.3) is 21.8 Å². The van der Waals surface area contributed by atoms with Gasteiger partial charge in [0.15, 0.2) is 11.5 Å². The molecule has 0 radical (unpaired) electrons. The predicted molar refractivity (Wildman–Crippen MR) is 225 cm³/mol. The number of carbonyl (C=O) groups is 3. The Balaban J connectivity index is 0.913. The van der Waals surface area contributed by atoms with E-state index in [1.54, 1.807) is 60.5 Å². The molecule has 2 N–H and O–H groups in total. The minimum atomic E-state index is -0.995. The molecule has 0 saturated carbocycles. The van der Waals surface area contributed by atoms with Crippen LogP contribution in [0, 0.1) is 11.3 Å². The first kappa shape index (κ1) is 39.5. The number of nitrogens with zero attached hydrogens (tertiary/aromatic N) is 5. The van der Waals surface area contributed by atoms with E-state index in [2.05, 4.69) is 26.3 Å². The van der Waals surface area contributed by atoms with Crippen molar-refractivity contribution in [3.05, 3.63) is 117 Å². The summed E-state index contributed by atoms with van der Waals surface area (Å²) in [6.45, 7) is 3.25. The van der Waals surface area contributed by atoms with Crippen molar-refractivity contribution >= 4 is 74.1 Å². The summed E-state index contributed by atoms with van der Waals surface area (Å²) < 4.78 is 17.3. The maximum absolute atomic E-state index is 14.3. The Morgan fingerprint density at radius 2 is 1.61 bits per heavy atom. The van der Waals surface area contributed by atoms with Gasteiger partial charge >= 0.3 is 0 Å². The molecule has 3 amide bonds. The standard InChI is InChI=1S/C44H39Cl2N7O6/c1-57-38-22-36(32(45)20-33(38)46)50-41-27(23-47)25-49-35-21-40(39(58-2)19-31(35)41)59-17-7-12-51-13-15-52(16-14-51)44(56)37(18-26-24-48-34-11-6-5-8-28(26)34)53-42(54)29-9-3-4-10-30(29)43(53)55/h3-6,8-11,19-22,24-25,37,48H,7,12-18H2,1-2H3,(H,49,50). The molecular formula is C44H39Cl2N7O6. The lowest BCUT2D eigenvalue weighted by molar-refractivity contribution is -0.137. The van der Waals surface area contributed by atoms with E-state index in [4.69, 9.17) is 37.4 Å². The second-order valence-corrected chi connectivity index (χ2v) is 15.1. The fourth-order valence-electron chi connectivity index (χ4n) is 7.77. The molecule has 0 bridgehead atoms. The molecule has 59 heavy (non-hydrogen) atoms. The van der Waals surface area contributed by atoms with Gasteiger partial charge in [-0.2, -0.15) is 5.26 Å². The van der Waals surface area contributed by atoms with Crippen molar-refractivity contribution in [3.8, 4) is 23.3 Å². The fourth-order valence-corrected chi connectivity index (χ4v) is 8.28. The van der Waals surface area contributed by atoms with Crippen LogP contribution in [0.4, 0.5) is 11.4 Å². The number of fused-ring (bicyclic) bond motifs is 3. The van der Waals surface area contributed by atoms with Crippen molar-refractivity contribution in [1.29, 1.82) is 5.26 Å². The molecule has 4 heterocycles. The van der Waals surface area contributed by atoms with Crippen molar-refractivity contribution in [3.63, 3.8) is 0 Å². The maximum atomic E-state index is 14.3. The minimum absolute atomic E-state index is 0.197. The number of amides is 3. The van der Waals surface area contributed by atoms with Gasteiger partial charge in [-0.3, -0.25) is 29.2 Å². The maximum Gasteiger partial charge on any atom is 0.262 e. The van der Waals surface area contributed by atoms with Crippen LogP contribution in [0.3, 0.4) is 0 Å². The SMILES string of the molecule is COc1cc(Nc2c(C#N)cnc3cc(OCCCN4CCN(C(=O)C(Cc5c[nH]c6ccccc56)N5C(=O)c6ccccc6C5=O)CC4)c(OC)cc23)c(Cl)cc1Cl. The lowest BCUT2D eigenvalue weighted by Crippen LogP contribution is -2.56. The van der Waals surface area contributed by atoms with Gasteiger partial charge in [-0.05, 0) is 42.3 Å². The molecule has 1 unspecified atom stereocenters. The average molecular weight is 833 g/mol. The molecular weight excluding hydrogens is 793 g/mol. The van der Waals surface area contributed by atoms with Crippen molar-refractivity contribution in [2.75, 3.05) is 58.9 Å². The molecule has 6 aromatic rings. The fraction of sp³-hybridized carbons (Fsp3) is 0.250. The Kier molecular flexibility index (Phi) is 11.3. The number of aromatic amines is 1. The molecule has 2 aromatic heterocycles. The number of hydrogen-bond donors (Lipinski definition) is 2. The highest BCUT2D eigenvalue weighted by Gasteiger charge is 2.44. The number of benzene rings is 4. The number of piperazine rings is 1. The van der Waals surface area contributed by atoms with Crippen molar-refractivity contribution in [2.24, 2.45) is 0 Å². The number of pyridine rings is 1. The van der Waals surface area contributed by atoms with E-state index in [0.717, 1.165) is 27.9 Å². The number of para-hydroxylation sites is 1. The number of carbonyl (C=O) groups excluding carboxylic acids is 3. The first-order valence-electron chi connectivity index (χ1n) is 19.1. The van der Waals surface area contributed by atoms with Gasteiger partial charge in [0.25, 0.3) is 11.8 Å². The lowest BCUT2D eigenvalue weighted by Gasteiger charge is -2.38. The summed E-state index contributed by atoms with van der Waals surface area (Å²) in [5.74, 6) is 0.234. The van der Waals surface area contributed by atoms with E-state index in [9.17, 15) is 19.6 Å². The van der Waals surface area contributed by atoms with E-state index in [0.29, 0.717) is 105 Å². The molecule has 0 aliphatic carbocycles. The summed E-state index contributed by atoms with van der Waals surface area (Å²) in [4.78, 5) is 54.6. The van der Waals surface area contributed by atoms with Gasteiger partial charge in [-0.25, -0.2) is 0 Å². The summed E-state index contributed by atoms with van der Waals surface area (Å²) >= 11 is 12.7. The van der Waals surface area contributed by atoms with Crippen LogP contribution in [0.5, 0.6) is 17.2 Å². The third-order valence-corrected chi connectivity index (χ3v) is 11.5. The predicted octanol–water partition coefficient (Wildman–Crippen LogP) is 7.48. The number of aromatic nitrogens is 2. The topological polar surface area (TPSA) is 153 Å². The smallest absolute Gasteiger partial charge is 0.262 e. The van der Waals surface area contributed by atoms with E-state index in [1.807, 2.05) is 30.5 Å². The zero-order valence-electron chi connectivity index (χ0n) is 32.3. The van der Waals surface area contributed by atoms with Gasteiger partial charge < -0.3 is 29.4 Å². The number of nitriles is 1. The average Bonchev–Trinajstić information content (AvgIpc) is 3.78. The molecule has 2 aliphatic rings. The molecule has 300 valence electrons. The lowest BCUT2D eigenvalue weighted by atomic mass is 10.0. The zero-order valence-corrected chi connectivity index (χ0v) is 33.8. The number of ether oxygens (including phenoxy) is 3. The number of hydrogen-bond acceptors (Lipinski definition) is 10. The third kappa shape index (κ3) is 7.70. The molecule has 0 spiro atoms. The van der Waals surface area contributed by atoms with E-state index in [1.165, 1.54) is 13.3 Å².